The van der Waals surface area contributed by atoms with Crippen LogP contribution in [0.1, 0.15) is 37.0 Å². The van der Waals surface area contributed by atoms with Crippen LogP contribution in [-0.2, 0) is 0 Å². The standard InChI is InChI=1S/C17H21ClN4O2/c1-10-8-13(21-16(19-10)22-17(2,3)4)15(23)20-11-6-7-14(24-5)12(18)9-11/h6-9H,1-5H3,(H,20,23)(H,19,21,22). The van der Waals surface area contributed by atoms with E-state index in [4.69, 9.17) is 16.3 Å². The van der Waals surface area contributed by atoms with E-state index in [1.807, 2.05) is 27.7 Å². The molecule has 6 nitrogen and oxygen atoms in total. The zero-order chi connectivity index (χ0) is 17.9. The second kappa shape index (κ2) is 7.05. The van der Waals surface area contributed by atoms with Gasteiger partial charge >= 0.3 is 0 Å². The molecule has 7 heteroatoms. The van der Waals surface area contributed by atoms with Crippen LogP contribution in [0.2, 0.25) is 5.02 Å². The Morgan fingerprint density at radius 1 is 1.21 bits per heavy atom. The summed E-state index contributed by atoms with van der Waals surface area (Å²) in [5, 5.41) is 6.36. The first-order valence-electron chi connectivity index (χ1n) is 7.47. The molecule has 0 spiro atoms. The number of halogens is 1. The lowest BCUT2D eigenvalue weighted by Crippen LogP contribution is -2.28. The van der Waals surface area contributed by atoms with Crippen LogP contribution >= 0.6 is 11.6 Å². The van der Waals surface area contributed by atoms with Gasteiger partial charge in [-0.15, -0.1) is 0 Å². The van der Waals surface area contributed by atoms with E-state index in [1.165, 1.54) is 7.11 Å². The molecule has 0 aliphatic heterocycles. The molecule has 0 fully saturated rings. The van der Waals surface area contributed by atoms with Crippen LogP contribution in [0, 0.1) is 6.92 Å². The van der Waals surface area contributed by atoms with E-state index in [9.17, 15) is 4.79 Å². The minimum Gasteiger partial charge on any atom is -0.495 e. The largest absolute Gasteiger partial charge is 0.495 e. The summed E-state index contributed by atoms with van der Waals surface area (Å²) in [7, 11) is 1.53. The summed E-state index contributed by atoms with van der Waals surface area (Å²) in [6.07, 6.45) is 0. The molecular weight excluding hydrogens is 328 g/mol. The highest BCUT2D eigenvalue weighted by molar-refractivity contribution is 6.32. The number of nitrogens with one attached hydrogen (secondary N) is 2. The van der Waals surface area contributed by atoms with Crippen molar-refractivity contribution in [3.8, 4) is 5.75 Å². The topological polar surface area (TPSA) is 76.1 Å². The van der Waals surface area contributed by atoms with Crippen molar-refractivity contribution in [2.75, 3.05) is 17.7 Å². The molecular formula is C17H21ClN4O2. The fourth-order valence-corrected chi connectivity index (χ4v) is 2.27. The fourth-order valence-electron chi connectivity index (χ4n) is 2.02. The molecule has 0 saturated heterocycles. The minimum atomic E-state index is -0.335. The molecule has 0 aliphatic carbocycles. The van der Waals surface area contributed by atoms with Gasteiger partial charge in [-0.1, -0.05) is 11.6 Å². The van der Waals surface area contributed by atoms with E-state index in [0.717, 1.165) is 0 Å². The number of methoxy groups -OCH3 is 1. The summed E-state index contributed by atoms with van der Waals surface area (Å²) in [4.78, 5) is 21.0. The van der Waals surface area contributed by atoms with Gasteiger partial charge in [-0.2, -0.15) is 0 Å². The highest BCUT2D eigenvalue weighted by Crippen LogP contribution is 2.27. The second-order valence-corrected chi connectivity index (χ2v) is 6.80. The van der Waals surface area contributed by atoms with Crippen LogP contribution in [0.4, 0.5) is 11.6 Å². The van der Waals surface area contributed by atoms with Crippen molar-refractivity contribution in [3.05, 3.63) is 40.7 Å². The minimum absolute atomic E-state index is 0.203. The molecule has 0 aliphatic rings. The Hall–Kier alpha value is -2.34. The van der Waals surface area contributed by atoms with Gasteiger partial charge in [0.15, 0.2) is 0 Å². The normalized spacial score (nSPS) is 11.1. The summed E-state index contributed by atoms with van der Waals surface area (Å²) in [6, 6.07) is 6.66. The number of hydrogen-bond donors (Lipinski definition) is 2. The number of aryl methyl sites for hydroxylation is 1. The van der Waals surface area contributed by atoms with E-state index in [-0.39, 0.29) is 17.1 Å². The Bertz CT molecular complexity index is 757. The van der Waals surface area contributed by atoms with Crippen molar-refractivity contribution in [2.45, 2.75) is 33.2 Å². The number of nitrogens with zero attached hydrogens (tertiary/aromatic N) is 2. The van der Waals surface area contributed by atoms with E-state index >= 15 is 0 Å². The summed E-state index contributed by atoms with van der Waals surface area (Å²) in [5.74, 6) is 0.628. The maximum atomic E-state index is 12.4. The van der Waals surface area contributed by atoms with Crippen LogP contribution in [0.5, 0.6) is 5.75 Å². The van der Waals surface area contributed by atoms with Crippen LogP contribution in [0.3, 0.4) is 0 Å². The van der Waals surface area contributed by atoms with E-state index in [1.54, 1.807) is 24.3 Å². The number of ether oxygens (including phenoxy) is 1. The molecule has 0 bridgehead atoms. The summed E-state index contributed by atoms with van der Waals surface area (Å²) in [5.41, 5.74) is 1.34. The average Bonchev–Trinajstić information content (AvgIpc) is 2.45. The fraction of sp³-hybridized carbons (Fsp3) is 0.353. The van der Waals surface area contributed by atoms with Crippen LogP contribution in [0.25, 0.3) is 0 Å². The van der Waals surface area contributed by atoms with Crippen LogP contribution in [-0.4, -0.2) is 28.5 Å². The van der Waals surface area contributed by atoms with Gasteiger partial charge in [-0.05, 0) is 52.0 Å². The quantitative estimate of drug-likeness (QED) is 0.876. The maximum absolute atomic E-state index is 12.4. The summed E-state index contributed by atoms with van der Waals surface area (Å²) in [6.45, 7) is 7.81. The number of rotatable bonds is 4. The molecule has 2 rings (SSSR count). The van der Waals surface area contributed by atoms with Crippen molar-refractivity contribution in [2.24, 2.45) is 0 Å². The molecule has 0 saturated carbocycles. The monoisotopic (exact) mass is 348 g/mol. The Balaban J connectivity index is 2.22. The third-order valence-corrected chi connectivity index (χ3v) is 3.28. The van der Waals surface area contributed by atoms with Gasteiger partial charge in [0.1, 0.15) is 11.4 Å². The van der Waals surface area contributed by atoms with E-state index < -0.39 is 0 Å². The number of amides is 1. The number of hydrogen-bond acceptors (Lipinski definition) is 5. The lowest BCUT2D eigenvalue weighted by molar-refractivity contribution is 0.102. The molecule has 0 unspecified atom stereocenters. The number of benzene rings is 1. The lowest BCUT2D eigenvalue weighted by Gasteiger charge is -2.20. The van der Waals surface area contributed by atoms with Crippen molar-refractivity contribution in [1.82, 2.24) is 9.97 Å². The Kier molecular flexibility index (Phi) is 5.29. The van der Waals surface area contributed by atoms with Crippen LogP contribution < -0.4 is 15.4 Å². The molecule has 24 heavy (non-hydrogen) atoms. The van der Waals surface area contributed by atoms with Crippen LogP contribution in [0.15, 0.2) is 24.3 Å². The van der Waals surface area contributed by atoms with Crippen molar-refractivity contribution >= 4 is 29.1 Å². The number of carbonyl (C=O) groups is 1. The smallest absolute Gasteiger partial charge is 0.274 e. The van der Waals surface area contributed by atoms with E-state index in [0.29, 0.717) is 28.1 Å². The first kappa shape index (κ1) is 18.0. The molecule has 1 heterocycles. The van der Waals surface area contributed by atoms with Gasteiger partial charge in [0.05, 0.1) is 12.1 Å². The predicted octanol–water partition coefficient (Wildman–Crippen LogP) is 3.91. The molecule has 1 aromatic heterocycles. The SMILES string of the molecule is COc1ccc(NC(=O)c2cc(C)nc(NC(C)(C)C)n2)cc1Cl. The van der Waals surface area contributed by atoms with Gasteiger partial charge in [0.2, 0.25) is 5.95 Å². The average molecular weight is 349 g/mol. The molecule has 0 atom stereocenters. The lowest BCUT2D eigenvalue weighted by atomic mass is 10.1. The first-order valence-corrected chi connectivity index (χ1v) is 7.84. The number of aromatic nitrogens is 2. The maximum Gasteiger partial charge on any atom is 0.274 e. The second-order valence-electron chi connectivity index (χ2n) is 6.40. The number of carbonyl (C=O) groups excluding carboxylic acids is 1. The van der Waals surface area contributed by atoms with Gasteiger partial charge in [-0.3, -0.25) is 4.79 Å². The van der Waals surface area contributed by atoms with Crippen molar-refractivity contribution in [1.29, 1.82) is 0 Å². The van der Waals surface area contributed by atoms with Gasteiger partial charge in [-0.25, -0.2) is 9.97 Å². The van der Waals surface area contributed by atoms with Gasteiger partial charge in [0.25, 0.3) is 5.91 Å². The molecule has 0 radical (unpaired) electrons. The highest BCUT2D eigenvalue weighted by atomic mass is 35.5. The molecule has 2 N–H and O–H groups in total. The Morgan fingerprint density at radius 3 is 2.50 bits per heavy atom. The zero-order valence-corrected chi connectivity index (χ0v) is 15.2. The molecule has 128 valence electrons. The highest BCUT2D eigenvalue weighted by Gasteiger charge is 2.15. The van der Waals surface area contributed by atoms with Gasteiger partial charge < -0.3 is 15.4 Å². The van der Waals surface area contributed by atoms with Crippen molar-refractivity contribution in [3.63, 3.8) is 0 Å². The van der Waals surface area contributed by atoms with Crippen molar-refractivity contribution < 1.29 is 9.53 Å². The predicted molar refractivity (Wildman–Crippen MR) is 96.1 cm³/mol. The summed E-state index contributed by atoms with van der Waals surface area (Å²) >= 11 is 6.07. The molecule has 1 amide bonds. The zero-order valence-electron chi connectivity index (χ0n) is 14.4. The Labute approximate surface area is 146 Å². The molecule has 2 aromatic rings. The third-order valence-electron chi connectivity index (χ3n) is 2.98. The number of anilines is 2. The van der Waals surface area contributed by atoms with Gasteiger partial charge in [0, 0.05) is 16.9 Å². The molecule has 1 aromatic carbocycles. The summed E-state index contributed by atoms with van der Waals surface area (Å²) < 4.78 is 5.09. The first-order chi connectivity index (χ1) is 11.2. The van der Waals surface area contributed by atoms with E-state index in [2.05, 4.69) is 20.6 Å². The Morgan fingerprint density at radius 2 is 1.92 bits per heavy atom. The third kappa shape index (κ3) is 4.83.